The molecule has 0 atom stereocenters. The van der Waals surface area contributed by atoms with Crippen LogP contribution in [0.15, 0.2) is 24.3 Å². The lowest BCUT2D eigenvalue weighted by atomic mass is 10.0. The van der Waals surface area contributed by atoms with Crippen LogP contribution in [0.1, 0.15) is 23.2 Å². The first-order chi connectivity index (χ1) is 12.4. The maximum Gasteiger partial charge on any atom is 0.226 e. The minimum atomic E-state index is -3.25. The van der Waals surface area contributed by atoms with Crippen LogP contribution >= 0.6 is 0 Å². The van der Waals surface area contributed by atoms with Crippen molar-refractivity contribution in [2.75, 3.05) is 24.2 Å². The van der Waals surface area contributed by atoms with Gasteiger partial charge in [0.25, 0.3) is 0 Å². The molecule has 0 bridgehead atoms. The van der Waals surface area contributed by atoms with Crippen molar-refractivity contribution in [3.63, 3.8) is 0 Å². The van der Waals surface area contributed by atoms with Crippen molar-refractivity contribution in [1.29, 1.82) is 0 Å². The number of nitrogens with one attached hydrogen (secondary N) is 1. The maximum atomic E-state index is 13.2. The second-order valence-electron chi connectivity index (χ2n) is 6.95. The number of halogens is 1. The van der Waals surface area contributed by atoms with E-state index in [2.05, 4.69) is 9.71 Å². The third-order valence-corrected chi connectivity index (χ3v) is 5.45. The van der Waals surface area contributed by atoms with E-state index in [4.69, 9.17) is 4.98 Å². The number of rotatable bonds is 5. The monoisotopic (exact) mass is 376 g/mol. The molecule has 1 aliphatic carbocycles. The third-order valence-electron chi connectivity index (χ3n) is 4.78. The Kier molecular flexibility index (Phi) is 4.40. The molecule has 1 N–H and O–H groups in total. The highest BCUT2D eigenvalue weighted by Gasteiger charge is 2.30. The van der Waals surface area contributed by atoms with E-state index in [9.17, 15) is 12.8 Å². The summed E-state index contributed by atoms with van der Waals surface area (Å²) in [5, 5.41) is 0. The Hall–Kier alpha value is -2.06. The molecule has 6 nitrogen and oxygen atoms in total. The summed E-state index contributed by atoms with van der Waals surface area (Å²) in [5.41, 5.74) is 4.89. The first-order valence-electron chi connectivity index (χ1n) is 8.72. The molecule has 0 amide bonds. The number of sulfonamides is 1. The fraction of sp³-hybridized carbons (Fsp3) is 0.444. The van der Waals surface area contributed by atoms with Gasteiger partial charge in [-0.3, -0.25) is 0 Å². The molecule has 2 heterocycles. The lowest BCUT2D eigenvalue weighted by molar-refractivity contribution is 0.272. The number of anilines is 1. The van der Waals surface area contributed by atoms with Crippen LogP contribution in [0.25, 0.3) is 11.3 Å². The Bertz CT molecular complexity index is 942. The van der Waals surface area contributed by atoms with Crippen LogP contribution in [0.2, 0.25) is 0 Å². The topological polar surface area (TPSA) is 75.2 Å². The average molecular weight is 376 g/mol. The standard InChI is InChI=1S/C18H21FN4O2S/c1-26(24,25)20-9-12-4-2-5-13(8-12)17-15-6-3-7-16(15)21-18(22-17)23-10-14(19)11-23/h2,4-5,8,14,20H,3,6-7,9-11H2,1H3. The summed E-state index contributed by atoms with van der Waals surface area (Å²) in [7, 11) is -3.25. The zero-order valence-electron chi connectivity index (χ0n) is 14.6. The van der Waals surface area contributed by atoms with Crippen LogP contribution in [0, 0.1) is 0 Å². The molecule has 1 aromatic heterocycles. The van der Waals surface area contributed by atoms with Crippen LogP contribution in [-0.2, 0) is 29.4 Å². The van der Waals surface area contributed by atoms with Gasteiger partial charge in [-0.2, -0.15) is 0 Å². The summed E-state index contributed by atoms with van der Waals surface area (Å²) in [6, 6.07) is 7.71. The van der Waals surface area contributed by atoms with E-state index in [1.807, 2.05) is 29.2 Å². The van der Waals surface area contributed by atoms with Gasteiger partial charge in [0, 0.05) is 23.4 Å². The summed E-state index contributed by atoms with van der Waals surface area (Å²) in [6.45, 7) is 0.926. The van der Waals surface area contributed by atoms with Crippen molar-refractivity contribution in [2.45, 2.75) is 32.0 Å². The molecule has 0 unspecified atom stereocenters. The van der Waals surface area contributed by atoms with E-state index in [1.165, 1.54) is 0 Å². The molecule has 26 heavy (non-hydrogen) atoms. The summed E-state index contributed by atoms with van der Waals surface area (Å²) >= 11 is 0. The van der Waals surface area contributed by atoms with Crippen LogP contribution in [0.5, 0.6) is 0 Å². The van der Waals surface area contributed by atoms with Crippen molar-refractivity contribution < 1.29 is 12.8 Å². The molecule has 4 rings (SSSR count). The maximum absolute atomic E-state index is 13.2. The van der Waals surface area contributed by atoms with Gasteiger partial charge >= 0.3 is 0 Å². The second kappa shape index (κ2) is 6.59. The molecule has 0 spiro atoms. The normalized spacial score (nSPS) is 17.2. The molecule has 1 fully saturated rings. The van der Waals surface area contributed by atoms with Gasteiger partial charge in [-0.05, 0) is 30.9 Å². The quantitative estimate of drug-likeness (QED) is 0.862. The molecular weight excluding hydrogens is 355 g/mol. The van der Waals surface area contributed by atoms with Crippen molar-refractivity contribution in [3.05, 3.63) is 41.1 Å². The highest BCUT2D eigenvalue weighted by atomic mass is 32.2. The van der Waals surface area contributed by atoms with Gasteiger partial charge in [-0.1, -0.05) is 18.2 Å². The Balaban J connectivity index is 1.69. The molecule has 1 saturated heterocycles. The molecule has 138 valence electrons. The molecule has 8 heteroatoms. The third kappa shape index (κ3) is 3.57. The number of hydrogen-bond acceptors (Lipinski definition) is 5. The van der Waals surface area contributed by atoms with Gasteiger partial charge in [0.1, 0.15) is 6.17 Å². The number of fused-ring (bicyclic) bond motifs is 1. The van der Waals surface area contributed by atoms with E-state index in [-0.39, 0.29) is 6.54 Å². The molecule has 2 aromatic rings. The Morgan fingerprint density at radius 3 is 2.81 bits per heavy atom. The van der Waals surface area contributed by atoms with E-state index in [0.29, 0.717) is 19.0 Å². The summed E-state index contributed by atoms with van der Waals surface area (Å²) in [5.74, 6) is 0.592. The number of alkyl halides is 1. The van der Waals surface area contributed by atoms with Crippen molar-refractivity contribution in [3.8, 4) is 11.3 Å². The minimum Gasteiger partial charge on any atom is -0.335 e. The van der Waals surface area contributed by atoms with Gasteiger partial charge in [-0.15, -0.1) is 0 Å². The molecule has 1 aromatic carbocycles. The van der Waals surface area contributed by atoms with Crippen molar-refractivity contribution in [1.82, 2.24) is 14.7 Å². The highest BCUT2D eigenvalue weighted by molar-refractivity contribution is 7.88. The van der Waals surface area contributed by atoms with Crippen molar-refractivity contribution in [2.24, 2.45) is 0 Å². The fourth-order valence-electron chi connectivity index (χ4n) is 3.43. The molecule has 2 aliphatic rings. The zero-order valence-corrected chi connectivity index (χ0v) is 15.4. The van der Waals surface area contributed by atoms with E-state index in [1.54, 1.807) is 0 Å². The average Bonchev–Trinajstić information content (AvgIpc) is 3.04. The molecule has 0 saturated carbocycles. The number of aryl methyl sites for hydroxylation is 1. The first-order valence-corrected chi connectivity index (χ1v) is 10.6. The summed E-state index contributed by atoms with van der Waals surface area (Å²) in [6.07, 6.45) is 3.23. The van der Waals surface area contributed by atoms with Crippen LogP contribution in [-0.4, -0.2) is 43.9 Å². The van der Waals surface area contributed by atoms with Gasteiger partial charge in [0.2, 0.25) is 16.0 Å². The summed E-state index contributed by atoms with van der Waals surface area (Å²) < 4.78 is 38.4. The Morgan fingerprint density at radius 2 is 2.08 bits per heavy atom. The first kappa shape index (κ1) is 17.4. The van der Waals surface area contributed by atoms with Gasteiger partial charge in [-0.25, -0.2) is 27.5 Å². The number of nitrogens with zero attached hydrogens (tertiary/aromatic N) is 3. The van der Waals surface area contributed by atoms with E-state index in [0.717, 1.165) is 53.6 Å². The zero-order chi connectivity index (χ0) is 18.3. The number of aromatic nitrogens is 2. The number of benzene rings is 1. The van der Waals surface area contributed by atoms with Gasteiger partial charge in [0.05, 0.1) is 25.0 Å². The van der Waals surface area contributed by atoms with Crippen LogP contribution in [0.4, 0.5) is 10.3 Å². The smallest absolute Gasteiger partial charge is 0.226 e. The van der Waals surface area contributed by atoms with E-state index < -0.39 is 16.2 Å². The number of hydrogen-bond donors (Lipinski definition) is 1. The molecule has 0 radical (unpaired) electrons. The summed E-state index contributed by atoms with van der Waals surface area (Å²) in [4.78, 5) is 11.2. The van der Waals surface area contributed by atoms with Crippen molar-refractivity contribution >= 4 is 16.0 Å². The van der Waals surface area contributed by atoms with Gasteiger partial charge in [0.15, 0.2) is 0 Å². The van der Waals surface area contributed by atoms with Crippen LogP contribution < -0.4 is 9.62 Å². The second-order valence-corrected chi connectivity index (χ2v) is 8.78. The predicted molar refractivity (Wildman–Crippen MR) is 98.3 cm³/mol. The largest absolute Gasteiger partial charge is 0.335 e. The lowest BCUT2D eigenvalue weighted by Gasteiger charge is -2.34. The lowest BCUT2D eigenvalue weighted by Crippen LogP contribution is -2.49. The van der Waals surface area contributed by atoms with Gasteiger partial charge < -0.3 is 4.90 Å². The fourth-order valence-corrected chi connectivity index (χ4v) is 3.86. The highest BCUT2D eigenvalue weighted by Crippen LogP contribution is 2.33. The molecule has 1 aliphatic heterocycles. The molecular formula is C18H21FN4O2S. The SMILES string of the molecule is CS(=O)(=O)NCc1cccc(-c2nc(N3CC(F)C3)nc3c2CCC3)c1. The minimum absolute atomic E-state index is 0.239. The van der Waals surface area contributed by atoms with E-state index >= 15 is 0 Å². The van der Waals surface area contributed by atoms with Crippen LogP contribution in [0.3, 0.4) is 0 Å². The predicted octanol–water partition coefficient (Wildman–Crippen LogP) is 1.84. The Labute approximate surface area is 152 Å². The Morgan fingerprint density at radius 1 is 1.27 bits per heavy atom.